The van der Waals surface area contributed by atoms with Crippen LogP contribution >= 0.6 is 22.6 Å². The maximum atomic E-state index is 12.4. The fraction of sp³-hybridized carbons (Fsp3) is 0.250. The first kappa shape index (κ1) is 12.1. The standard InChI is InChI=1S/C8H7F2IN2O2/c9-7(10)6-4(11)1-3(2-5(14)15)8(12)13-6/h1,7H,2H2,(H2,12,13)(H,14,15). The van der Waals surface area contributed by atoms with Crippen molar-refractivity contribution in [3.8, 4) is 0 Å². The number of pyridine rings is 1. The van der Waals surface area contributed by atoms with Crippen molar-refractivity contribution in [1.29, 1.82) is 0 Å². The highest BCUT2D eigenvalue weighted by Gasteiger charge is 2.17. The summed E-state index contributed by atoms with van der Waals surface area (Å²) in [6.07, 6.45) is -3.03. The van der Waals surface area contributed by atoms with Crippen LogP contribution in [0.2, 0.25) is 0 Å². The van der Waals surface area contributed by atoms with Crippen LogP contribution in [0.25, 0.3) is 0 Å². The molecule has 0 aromatic carbocycles. The van der Waals surface area contributed by atoms with Gasteiger partial charge in [-0.3, -0.25) is 4.79 Å². The first-order valence-corrected chi connectivity index (χ1v) is 4.94. The maximum Gasteiger partial charge on any atom is 0.307 e. The third kappa shape index (κ3) is 2.98. The van der Waals surface area contributed by atoms with Crippen LogP contribution in [-0.2, 0) is 11.2 Å². The minimum absolute atomic E-state index is 0.159. The first-order valence-electron chi connectivity index (χ1n) is 3.86. The van der Waals surface area contributed by atoms with Crippen LogP contribution in [-0.4, -0.2) is 16.1 Å². The lowest BCUT2D eigenvalue weighted by Crippen LogP contribution is -2.08. The van der Waals surface area contributed by atoms with Crippen LogP contribution in [0.1, 0.15) is 17.7 Å². The van der Waals surface area contributed by atoms with Crippen molar-refractivity contribution in [2.45, 2.75) is 12.8 Å². The Hall–Kier alpha value is -0.990. The smallest absolute Gasteiger partial charge is 0.307 e. The number of nitrogens with two attached hydrogens (primary N) is 1. The molecule has 3 N–H and O–H groups in total. The fourth-order valence-corrected chi connectivity index (χ4v) is 1.75. The fourth-order valence-electron chi connectivity index (χ4n) is 1.01. The summed E-state index contributed by atoms with van der Waals surface area (Å²) in [7, 11) is 0. The molecule has 7 heteroatoms. The Morgan fingerprint density at radius 2 is 2.27 bits per heavy atom. The number of hydrogen-bond acceptors (Lipinski definition) is 3. The zero-order valence-corrected chi connectivity index (χ0v) is 9.53. The van der Waals surface area contributed by atoms with Crippen LogP contribution in [0.5, 0.6) is 0 Å². The Kier molecular flexibility index (Phi) is 3.77. The van der Waals surface area contributed by atoms with Crippen LogP contribution in [0, 0.1) is 3.57 Å². The highest BCUT2D eigenvalue weighted by atomic mass is 127. The Bertz CT molecular complexity index is 398. The summed E-state index contributed by atoms with van der Waals surface area (Å²) in [6, 6.07) is 1.32. The number of carboxylic acids is 1. The van der Waals surface area contributed by atoms with E-state index < -0.39 is 18.1 Å². The van der Waals surface area contributed by atoms with E-state index in [0.29, 0.717) is 0 Å². The lowest BCUT2D eigenvalue weighted by molar-refractivity contribution is -0.136. The van der Waals surface area contributed by atoms with Gasteiger partial charge < -0.3 is 10.8 Å². The predicted molar refractivity (Wildman–Crippen MR) is 57.7 cm³/mol. The van der Waals surface area contributed by atoms with Gasteiger partial charge in [-0.05, 0) is 28.7 Å². The second kappa shape index (κ2) is 4.69. The van der Waals surface area contributed by atoms with Gasteiger partial charge in [0, 0.05) is 9.13 Å². The van der Waals surface area contributed by atoms with Crippen LogP contribution in [0.15, 0.2) is 6.07 Å². The normalized spacial score (nSPS) is 10.7. The molecule has 15 heavy (non-hydrogen) atoms. The quantitative estimate of drug-likeness (QED) is 0.830. The number of aromatic nitrogens is 1. The molecule has 0 aliphatic carbocycles. The van der Waals surface area contributed by atoms with Crippen LogP contribution in [0.3, 0.4) is 0 Å². The van der Waals surface area contributed by atoms with Gasteiger partial charge in [-0.1, -0.05) is 0 Å². The van der Waals surface area contributed by atoms with E-state index in [1.54, 1.807) is 22.6 Å². The van der Waals surface area contributed by atoms with Gasteiger partial charge in [0.25, 0.3) is 6.43 Å². The van der Waals surface area contributed by atoms with Crippen molar-refractivity contribution in [3.63, 3.8) is 0 Å². The number of nitrogens with zero attached hydrogens (tertiary/aromatic N) is 1. The Balaban J connectivity index is 3.13. The molecule has 0 saturated carbocycles. The lowest BCUT2D eigenvalue weighted by Gasteiger charge is -2.07. The van der Waals surface area contributed by atoms with Crippen molar-refractivity contribution < 1.29 is 18.7 Å². The predicted octanol–water partition coefficient (Wildman–Crippen LogP) is 1.83. The third-order valence-electron chi connectivity index (χ3n) is 1.66. The largest absolute Gasteiger partial charge is 0.481 e. The summed E-state index contributed by atoms with van der Waals surface area (Å²) in [6.45, 7) is 0. The zero-order valence-electron chi connectivity index (χ0n) is 7.38. The van der Waals surface area contributed by atoms with Gasteiger partial charge in [-0.2, -0.15) is 0 Å². The molecule has 0 bridgehead atoms. The molecule has 1 aromatic heterocycles. The highest BCUT2D eigenvalue weighted by molar-refractivity contribution is 14.1. The van der Waals surface area contributed by atoms with Crippen molar-refractivity contribution in [2.75, 3.05) is 5.73 Å². The number of anilines is 1. The van der Waals surface area contributed by atoms with Gasteiger partial charge in [-0.15, -0.1) is 0 Å². The second-order valence-electron chi connectivity index (χ2n) is 2.77. The van der Waals surface area contributed by atoms with E-state index in [9.17, 15) is 13.6 Å². The first-order chi connectivity index (χ1) is 6.91. The van der Waals surface area contributed by atoms with Crippen molar-refractivity contribution in [3.05, 3.63) is 20.9 Å². The molecule has 0 aliphatic heterocycles. The number of carboxylic acid groups (broad SMARTS) is 1. The molecule has 1 rings (SSSR count). The molecule has 0 fully saturated rings. The third-order valence-corrected chi connectivity index (χ3v) is 2.53. The highest BCUT2D eigenvalue weighted by Crippen LogP contribution is 2.25. The number of carbonyl (C=O) groups is 1. The van der Waals surface area contributed by atoms with Gasteiger partial charge in [0.05, 0.1) is 6.42 Å². The van der Waals surface area contributed by atoms with Gasteiger partial charge in [-0.25, -0.2) is 13.8 Å². The van der Waals surface area contributed by atoms with Crippen molar-refractivity contribution in [1.82, 2.24) is 4.98 Å². The monoisotopic (exact) mass is 328 g/mol. The van der Waals surface area contributed by atoms with Crippen LogP contribution in [0.4, 0.5) is 14.6 Å². The molecule has 1 heterocycles. The average Bonchev–Trinajstić information content (AvgIpc) is 2.09. The molecule has 0 spiro atoms. The summed E-state index contributed by atoms with van der Waals surface area (Å²) >= 11 is 1.67. The molecule has 82 valence electrons. The summed E-state index contributed by atoms with van der Waals surface area (Å²) in [5.74, 6) is -1.24. The second-order valence-corrected chi connectivity index (χ2v) is 3.93. The SMILES string of the molecule is Nc1nc(C(F)F)c(I)cc1CC(=O)O. The minimum atomic E-state index is -2.71. The number of halogens is 3. The Morgan fingerprint density at radius 1 is 1.67 bits per heavy atom. The minimum Gasteiger partial charge on any atom is -0.481 e. The van der Waals surface area contributed by atoms with E-state index in [2.05, 4.69) is 4.98 Å². The van der Waals surface area contributed by atoms with Crippen LogP contribution < -0.4 is 5.73 Å². The number of aliphatic carboxylic acids is 1. The maximum absolute atomic E-state index is 12.4. The summed E-state index contributed by atoms with van der Waals surface area (Å²) in [5, 5.41) is 8.53. The molecule has 0 aliphatic rings. The van der Waals surface area contributed by atoms with Gasteiger partial charge in [0.2, 0.25) is 0 Å². The van der Waals surface area contributed by atoms with E-state index in [0.717, 1.165) is 0 Å². The Morgan fingerprint density at radius 3 is 2.73 bits per heavy atom. The van der Waals surface area contributed by atoms with E-state index in [1.807, 2.05) is 0 Å². The molecule has 0 saturated heterocycles. The average molecular weight is 328 g/mol. The van der Waals surface area contributed by atoms with Gasteiger partial charge in [0.1, 0.15) is 11.5 Å². The summed E-state index contributed by atoms with van der Waals surface area (Å²) in [4.78, 5) is 13.9. The van der Waals surface area contributed by atoms with E-state index >= 15 is 0 Å². The molecule has 0 radical (unpaired) electrons. The number of hydrogen-bond donors (Lipinski definition) is 2. The molecular weight excluding hydrogens is 321 g/mol. The van der Waals surface area contributed by atoms with Crippen molar-refractivity contribution >= 4 is 34.4 Å². The summed E-state index contributed by atoms with van der Waals surface area (Å²) in [5.41, 5.74) is 5.20. The molecule has 1 aromatic rings. The lowest BCUT2D eigenvalue weighted by atomic mass is 10.2. The number of nitrogen functional groups attached to an aromatic ring is 1. The topological polar surface area (TPSA) is 76.2 Å². The van der Waals surface area contributed by atoms with E-state index in [1.165, 1.54) is 6.07 Å². The molecular formula is C8H7F2IN2O2. The van der Waals surface area contributed by atoms with E-state index in [4.69, 9.17) is 10.8 Å². The number of alkyl halides is 2. The molecule has 0 amide bonds. The molecule has 0 unspecified atom stereocenters. The van der Waals surface area contributed by atoms with Crippen molar-refractivity contribution in [2.24, 2.45) is 0 Å². The zero-order chi connectivity index (χ0) is 11.6. The van der Waals surface area contributed by atoms with E-state index in [-0.39, 0.29) is 21.4 Å². The van der Waals surface area contributed by atoms with Gasteiger partial charge >= 0.3 is 5.97 Å². The Labute approximate surface area is 97.6 Å². The molecule has 0 atom stereocenters. The molecule has 4 nitrogen and oxygen atoms in total. The van der Waals surface area contributed by atoms with Gasteiger partial charge in [0.15, 0.2) is 0 Å². The number of rotatable bonds is 3. The summed E-state index contributed by atoms with van der Waals surface area (Å²) < 4.78 is 24.9.